The van der Waals surface area contributed by atoms with Crippen molar-refractivity contribution in [2.24, 2.45) is 5.10 Å². The molecule has 0 aliphatic rings. The van der Waals surface area contributed by atoms with Crippen LogP contribution in [0.2, 0.25) is 5.02 Å². The Hall–Kier alpha value is -3.68. The highest BCUT2D eigenvalue weighted by Crippen LogP contribution is 2.33. The lowest BCUT2D eigenvalue weighted by Crippen LogP contribution is -2.35. The van der Waals surface area contributed by atoms with Gasteiger partial charge in [-0.05, 0) is 81.2 Å². The molecule has 0 aliphatic carbocycles. The highest BCUT2D eigenvalue weighted by molar-refractivity contribution is 9.10. The standard InChI is InChI=1S/C28H22BrClN2O4/c1-2-24(36-25-16-13-19-7-3-4-8-21(19)26(25)29)27(33)32-31-17-18-11-14-20(15-12-18)35-28(34)22-9-5-6-10-23(22)30/h3-17,24H,2H2,1H3,(H,32,33). The van der Waals surface area contributed by atoms with Crippen molar-refractivity contribution in [3.63, 3.8) is 0 Å². The summed E-state index contributed by atoms with van der Waals surface area (Å²) in [6, 6.07) is 25.1. The first kappa shape index (κ1) is 25.4. The number of hydrogen-bond donors (Lipinski definition) is 1. The van der Waals surface area contributed by atoms with E-state index in [-0.39, 0.29) is 11.5 Å². The van der Waals surface area contributed by atoms with Crippen LogP contribution in [0, 0.1) is 0 Å². The van der Waals surface area contributed by atoms with Crippen LogP contribution in [0.1, 0.15) is 29.3 Å². The second-order valence-electron chi connectivity index (χ2n) is 7.79. The van der Waals surface area contributed by atoms with Crippen molar-refractivity contribution in [1.29, 1.82) is 0 Å². The van der Waals surface area contributed by atoms with Crippen LogP contribution in [0.25, 0.3) is 10.8 Å². The first-order valence-electron chi connectivity index (χ1n) is 11.2. The van der Waals surface area contributed by atoms with Crippen molar-refractivity contribution < 1.29 is 19.1 Å². The number of amides is 1. The summed E-state index contributed by atoms with van der Waals surface area (Å²) >= 11 is 9.62. The summed E-state index contributed by atoms with van der Waals surface area (Å²) in [6.45, 7) is 1.87. The number of hydrogen-bond acceptors (Lipinski definition) is 5. The molecule has 0 saturated carbocycles. The predicted molar refractivity (Wildman–Crippen MR) is 145 cm³/mol. The number of hydrazone groups is 1. The number of rotatable bonds is 8. The van der Waals surface area contributed by atoms with E-state index in [4.69, 9.17) is 21.1 Å². The molecule has 0 radical (unpaired) electrons. The van der Waals surface area contributed by atoms with E-state index in [0.29, 0.717) is 28.5 Å². The summed E-state index contributed by atoms with van der Waals surface area (Å²) in [5.74, 6) is 0.0418. The van der Waals surface area contributed by atoms with E-state index in [1.165, 1.54) is 6.21 Å². The fourth-order valence-corrected chi connectivity index (χ4v) is 4.23. The molecule has 1 N–H and O–H groups in total. The maximum Gasteiger partial charge on any atom is 0.345 e. The van der Waals surface area contributed by atoms with Crippen molar-refractivity contribution in [2.45, 2.75) is 19.4 Å². The first-order chi connectivity index (χ1) is 17.5. The van der Waals surface area contributed by atoms with Crippen LogP contribution in [0.3, 0.4) is 0 Å². The Morgan fingerprint density at radius 1 is 1.00 bits per heavy atom. The normalized spacial score (nSPS) is 11.9. The fraction of sp³-hybridized carbons (Fsp3) is 0.107. The zero-order valence-electron chi connectivity index (χ0n) is 19.3. The van der Waals surface area contributed by atoms with E-state index in [1.54, 1.807) is 48.5 Å². The molecular weight excluding hydrogens is 544 g/mol. The summed E-state index contributed by atoms with van der Waals surface area (Å²) in [5, 5.41) is 6.43. The molecule has 8 heteroatoms. The third-order valence-electron chi connectivity index (χ3n) is 5.33. The second kappa shape index (κ2) is 11.8. The second-order valence-corrected chi connectivity index (χ2v) is 8.99. The van der Waals surface area contributed by atoms with Crippen LogP contribution >= 0.6 is 27.5 Å². The van der Waals surface area contributed by atoms with Crippen molar-refractivity contribution in [3.05, 3.63) is 106 Å². The molecule has 0 aliphatic heterocycles. The highest BCUT2D eigenvalue weighted by Gasteiger charge is 2.20. The van der Waals surface area contributed by atoms with E-state index < -0.39 is 12.1 Å². The van der Waals surface area contributed by atoms with Gasteiger partial charge in [0.15, 0.2) is 6.10 Å². The maximum atomic E-state index is 12.6. The number of ether oxygens (including phenoxy) is 2. The van der Waals surface area contributed by atoms with Gasteiger partial charge in [0.05, 0.1) is 21.3 Å². The molecule has 36 heavy (non-hydrogen) atoms. The molecule has 0 spiro atoms. The average molecular weight is 566 g/mol. The minimum absolute atomic E-state index is 0.288. The Bertz CT molecular complexity index is 1420. The molecule has 182 valence electrons. The number of halogens is 2. The van der Waals surface area contributed by atoms with Gasteiger partial charge in [0.25, 0.3) is 5.91 Å². The van der Waals surface area contributed by atoms with Crippen LogP contribution in [0.15, 0.2) is 94.5 Å². The van der Waals surface area contributed by atoms with E-state index >= 15 is 0 Å². The predicted octanol–water partition coefficient (Wildman–Crippen LogP) is 6.78. The van der Waals surface area contributed by atoms with Gasteiger partial charge in [-0.2, -0.15) is 5.10 Å². The summed E-state index contributed by atoms with van der Waals surface area (Å²) < 4.78 is 12.1. The smallest absolute Gasteiger partial charge is 0.345 e. The number of nitrogens with one attached hydrogen (secondary N) is 1. The Balaban J connectivity index is 1.34. The third kappa shape index (κ3) is 6.11. The fourth-order valence-electron chi connectivity index (χ4n) is 3.43. The summed E-state index contributed by atoms with van der Waals surface area (Å²) in [7, 11) is 0. The van der Waals surface area contributed by atoms with E-state index in [9.17, 15) is 9.59 Å². The van der Waals surface area contributed by atoms with Crippen molar-refractivity contribution in [1.82, 2.24) is 5.43 Å². The topological polar surface area (TPSA) is 77.0 Å². The SMILES string of the molecule is CCC(Oc1ccc2ccccc2c1Br)C(=O)NN=Cc1ccc(OC(=O)c2ccccc2Cl)cc1. The van der Waals surface area contributed by atoms with Gasteiger partial charge in [-0.15, -0.1) is 0 Å². The van der Waals surface area contributed by atoms with Gasteiger partial charge in [0.1, 0.15) is 11.5 Å². The monoisotopic (exact) mass is 564 g/mol. The molecule has 1 unspecified atom stereocenters. The summed E-state index contributed by atoms with van der Waals surface area (Å²) in [5.41, 5.74) is 3.52. The maximum absolute atomic E-state index is 12.6. The Morgan fingerprint density at radius 3 is 2.47 bits per heavy atom. The number of carbonyl (C=O) groups is 2. The van der Waals surface area contributed by atoms with Crippen molar-refractivity contribution in [3.8, 4) is 11.5 Å². The Labute approximate surface area is 222 Å². The van der Waals surface area contributed by atoms with Gasteiger partial charge >= 0.3 is 5.97 Å². The Kier molecular flexibility index (Phi) is 8.36. The molecular formula is C28H22BrClN2O4. The molecule has 6 nitrogen and oxygen atoms in total. The van der Waals surface area contributed by atoms with Gasteiger partial charge in [-0.25, -0.2) is 10.2 Å². The zero-order valence-corrected chi connectivity index (χ0v) is 21.6. The first-order valence-corrected chi connectivity index (χ1v) is 12.4. The lowest BCUT2D eigenvalue weighted by Gasteiger charge is -2.17. The largest absolute Gasteiger partial charge is 0.479 e. The summed E-state index contributed by atoms with van der Waals surface area (Å²) in [6.07, 6.45) is 1.24. The van der Waals surface area contributed by atoms with E-state index in [2.05, 4.69) is 26.5 Å². The quantitative estimate of drug-likeness (QED) is 0.111. The number of esters is 1. The minimum Gasteiger partial charge on any atom is -0.479 e. The molecule has 1 amide bonds. The highest BCUT2D eigenvalue weighted by atomic mass is 79.9. The molecule has 0 aromatic heterocycles. The number of carbonyl (C=O) groups excluding carboxylic acids is 2. The molecule has 4 aromatic carbocycles. The van der Waals surface area contributed by atoms with Gasteiger partial charge in [-0.3, -0.25) is 4.79 Å². The molecule has 1 atom stereocenters. The van der Waals surface area contributed by atoms with Gasteiger partial charge in [0, 0.05) is 0 Å². The van der Waals surface area contributed by atoms with Crippen molar-refractivity contribution in [2.75, 3.05) is 0 Å². The van der Waals surface area contributed by atoms with E-state index in [1.807, 2.05) is 43.3 Å². The molecule has 0 bridgehead atoms. The lowest BCUT2D eigenvalue weighted by molar-refractivity contribution is -0.128. The molecule has 0 saturated heterocycles. The number of benzene rings is 4. The van der Waals surface area contributed by atoms with Crippen LogP contribution in [0.4, 0.5) is 0 Å². The molecule has 4 aromatic rings. The molecule has 0 fully saturated rings. The zero-order chi connectivity index (χ0) is 25.5. The average Bonchev–Trinajstić information content (AvgIpc) is 2.89. The Morgan fingerprint density at radius 2 is 1.72 bits per heavy atom. The van der Waals surface area contributed by atoms with Crippen LogP contribution in [-0.4, -0.2) is 24.2 Å². The van der Waals surface area contributed by atoms with E-state index in [0.717, 1.165) is 15.2 Å². The van der Waals surface area contributed by atoms with Gasteiger partial charge in [-0.1, -0.05) is 61.0 Å². The van der Waals surface area contributed by atoms with Crippen LogP contribution in [-0.2, 0) is 4.79 Å². The van der Waals surface area contributed by atoms with Crippen LogP contribution < -0.4 is 14.9 Å². The van der Waals surface area contributed by atoms with Crippen molar-refractivity contribution >= 4 is 56.4 Å². The van der Waals surface area contributed by atoms with Crippen LogP contribution in [0.5, 0.6) is 11.5 Å². The number of nitrogens with zero attached hydrogens (tertiary/aromatic N) is 1. The third-order valence-corrected chi connectivity index (χ3v) is 6.48. The minimum atomic E-state index is -0.716. The molecule has 4 rings (SSSR count). The lowest BCUT2D eigenvalue weighted by atomic mass is 10.1. The molecule has 0 heterocycles. The van der Waals surface area contributed by atoms with Gasteiger partial charge in [0.2, 0.25) is 0 Å². The van der Waals surface area contributed by atoms with Gasteiger partial charge < -0.3 is 9.47 Å². The summed E-state index contributed by atoms with van der Waals surface area (Å²) in [4.78, 5) is 24.9. The number of fused-ring (bicyclic) bond motifs is 1.